The van der Waals surface area contributed by atoms with Crippen molar-refractivity contribution in [2.75, 3.05) is 5.01 Å². The average molecular weight is 897 g/mol. The first-order valence-corrected chi connectivity index (χ1v) is 26.1. The molecule has 4 bridgehead atoms. The molecule has 2 fully saturated rings. The highest BCUT2D eigenvalue weighted by molar-refractivity contribution is 6.91. The molecule has 0 atom stereocenters. The van der Waals surface area contributed by atoms with Gasteiger partial charge in [-0.3, -0.25) is 5.01 Å². The number of para-hydroxylation sites is 4. The third-order valence-corrected chi connectivity index (χ3v) is 18.7. The van der Waals surface area contributed by atoms with Crippen LogP contribution in [0.5, 0.6) is 0 Å². The first-order valence-electron chi connectivity index (χ1n) is 26.1. The lowest BCUT2D eigenvalue weighted by Gasteiger charge is -2.44. The lowest BCUT2D eigenvalue weighted by molar-refractivity contribution is 0.357. The number of hydrogen-bond acceptors (Lipinski definition) is 4. The summed E-state index contributed by atoms with van der Waals surface area (Å²) in [4.78, 5) is 14.4. The Kier molecular flexibility index (Phi) is 7.10. The standard InChI is InChI=1S/C62H46B2N6/c1-3-17-43-39(13-1)41-15-5-7-19-45(41)61-65-51-21-9-11-23-53(51)67(61)63-57-49(43)33-47-35-25-29-37(30-26-35)55(47)59(57)69-60-56-38-31-27-36(28-32-38)48(56)34-50-44-18-4-2-14-40(44)42-16-6-8-20-46(42)62-66-52-22-10-12-24-54(52)68(62)64(58(50)60)70(63)69/h1-24,33-38H,25-32H2. The molecule has 10 aromatic rings. The zero-order valence-electron chi connectivity index (χ0n) is 38.8. The van der Waals surface area contributed by atoms with E-state index in [1.807, 2.05) is 0 Å². The minimum absolute atomic E-state index is 0.265. The third-order valence-electron chi connectivity index (χ3n) is 18.7. The molecule has 0 amide bonds. The normalized spacial score (nSPS) is 21.1. The van der Waals surface area contributed by atoms with Gasteiger partial charge in [-0.2, -0.15) is 0 Å². The second-order valence-corrected chi connectivity index (χ2v) is 21.7. The van der Waals surface area contributed by atoms with Gasteiger partial charge in [0.2, 0.25) is 0 Å². The largest absolute Gasteiger partial charge is 0.397 e. The molecule has 0 N–H and O–H groups in total. The molecule has 10 aliphatic rings. The molecule has 0 radical (unpaired) electrons. The Morgan fingerprint density at radius 3 is 1.10 bits per heavy atom. The van der Waals surface area contributed by atoms with Crippen LogP contribution in [0.25, 0.3) is 89.4 Å². The van der Waals surface area contributed by atoms with Crippen molar-refractivity contribution in [2.24, 2.45) is 0 Å². The van der Waals surface area contributed by atoms with Gasteiger partial charge in [0.15, 0.2) is 0 Å². The van der Waals surface area contributed by atoms with Crippen LogP contribution in [-0.2, 0) is 0 Å². The molecular formula is C62H46B2N6. The van der Waals surface area contributed by atoms with Crippen LogP contribution in [-0.4, -0.2) is 37.7 Å². The van der Waals surface area contributed by atoms with Gasteiger partial charge in [-0.25, -0.2) is 14.8 Å². The van der Waals surface area contributed by atoms with Gasteiger partial charge in [-0.05, 0) is 177 Å². The van der Waals surface area contributed by atoms with Crippen LogP contribution in [0.15, 0.2) is 158 Å². The first kappa shape index (κ1) is 37.5. The van der Waals surface area contributed by atoms with E-state index in [9.17, 15) is 0 Å². The highest BCUT2D eigenvalue weighted by atomic mass is 15.6. The lowest BCUT2D eigenvalue weighted by Crippen LogP contribution is -2.61. The molecule has 4 aliphatic heterocycles. The summed E-state index contributed by atoms with van der Waals surface area (Å²) in [7, 11) is 0. The average Bonchev–Trinajstić information content (AvgIpc) is 4.19. The van der Waals surface area contributed by atoms with Crippen LogP contribution < -0.4 is 15.9 Å². The molecule has 2 saturated carbocycles. The molecule has 330 valence electrons. The van der Waals surface area contributed by atoms with Crippen molar-refractivity contribution in [3.63, 3.8) is 0 Å². The van der Waals surface area contributed by atoms with Crippen molar-refractivity contribution in [2.45, 2.75) is 75.0 Å². The molecule has 6 nitrogen and oxygen atoms in total. The monoisotopic (exact) mass is 896 g/mol. The Labute approximate surface area is 407 Å². The molecule has 0 saturated heterocycles. The van der Waals surface area contributed by atoms with Gasteiger partial charge < -0.3 is 8.96 Å². The van der Waals surface area contributed by atoms with E-state index < -0.39 is 0 Å². The van der Waals surface area contributed by atoms with E-state index in [2.05, 4.69) is 177 Å². The Morgan fingerprint density at radius 1 is 0.357 bits per heavy atom. The van der Waals surface area contributed by atoms with Crippen molar-refractivity contribution in [1.29, 1.82) is 0 Å². The molecule has 2 aromatic heterocycles. The minimum Gasteiger partial charge on any atom is -0.349 e. The van der Waals surface area contributed by atoms with Crippen LogP contribution in [0, 0.1) is 0 Å². The topological polar surface area (TPSA) is 42.1 Å². The number of benzene rings is 8. The second kappa shape index (κ2) is 13.3. The number of hydrogen-bond donors (Lipinski definition) is 0. The van der Waals surface area contributed by atoms with Gasteiger partial charge in [0.25, 0.3) is 0 Å². The van der Waals surface area contributed by atoms with Gasteiger partial charge in [0, 0.05) is 11.1 Å². The van der Waals surface area contributed by atoms with Crippen molar-refractivity contribution in [3.8, 4) is 67.3 Å². The zero-order chi connectivity index (χ0) is 45.1. The molecule has 70 heavy (non-hydrogen) atoms. The Bertz CT molecular complexity index is 3740. The van der Waals surface area contributed by atoms with Crippen molar-refractivity contribution in [3.05, 3.63) is 180 Å². The number of fused-ring (bicyclic) bond motifs is 27. The first-order chi connectivity index (χ1) is 34.8. The van der Waals surface area contributed by atoms with Gasteiger partial charge in [0.05, 0.1) is 33.4 Å². The number of rotatable bonds is 0. The summed E-state index contributed by atoms with van der Waals surface area (Å²) >= 11 is 0. The van der Waals surface area contributed by atoms with Crippen LogP contribution >= 0.6 is 0 Å². The fourth-order valence-electron chi connectivity index (χ4n) is 15.9. The quantitative estimate of drug-likeness (QED) is 0.142. The summed E-state index contributed by atoms with van der Waals surface area (Å²) in [5, 5.41) is 2.91. The van der Waals surface area contributed by atoms with Gasteiger partial charge in [-0.15, -0.1) is 0 Å². The molecule has 0 spiro atoms. The zero-order valence-corrected chi connectivity index (χ0v) is 38.8. The fourth-order valence-corrected chi connectivity index (χ4v) is 15.9. The summed E-state index contributed by atoms with van der Waals surface area (Å²) in [5.74, 6) is 4.16. The maximum Gasteiger partial charge on any atom is 0.397 e. The Balaban J connectivity index is 1.10. The number of anilines is 2. The van der Waals surface area contributed by atoms with E-state index in [0.29, 0.717) is 23.7 Å². The van der Waals surface area contributed by atoms with Crippen molar-refractivity contribution >= 4 is 58.3 Å². The number of nitrogens with zero attached hydrogens (tertiary/aromatic N) is 6. The smallest absolute Gasteiger partial charge is 0.349 e. The lowest BCUT2D eigenvalue weighted by atomic mass is 9.51. The Morgan fingerprint density at radius 2 is 0.686 bits per heavy atom. The maximum atomic E-state index is 5.77. The van der Waals surface area contributed by atoms with E-state index >= 15 is 0 Å². The summed E-state index contributed by atoms with van der Waals surface area (Å²) < 4.78 is 5.38. The van der Waals surface area contributed by atoms with Gasteiger partial charge in [0.1, 0.15) is 11.6 Å². The van der Waals surface area contributed by atoms with E-state index in [1.54, 1.807) is 22.3 Å². The fraction of sp³-hybridized carbons (Fsp3) is 0.194. The van der Waals surface area contributed by atoms with Crippen molar-refractivity contribution < 1.29 is 0 Å². The summed E-state index contributed by atoms with van der Waals surface area (Å²) in [5.41, 5.74) is 29.3. The van der Waals surface area contributed by atoms with Crippen molar-refractivity contribution in [1.82, 2.24) is 23.8 Å². The number of hydrazine groups is 1. The molecule has 0 unspecified atom stereocenters. The van der Waals surface area contributed by atoms with E-state index in [1.165, 1.54) is 129 Å². The number of imidazole rings is 2. The maximum absolute atomic E-state index is 5.77. The van der Waals surface area contributed by atoms with E-state index in [-0.39, 0.29) is 14.0 Å². The summed E-state index contributed by atoms with van der Waals surface area (Å²) in [6, 6.07) is 60.2. The van der Waals surface area contributed by atoms with Gasteiger partial charge in [-0.1, -0.05) is 133 Å². The SMILES string of the molecule is c1ccc2c(c1)-c1ccccc1-c1nc3ccccc3n1B1c3c-2cc2c(c3N3c4c5c(cc6c4C4CCC6CC4)-c4ccccc4-c4ccccc4-c4nc6ccccc6n4B5N13)C1CCC2CC1. The predicted octanol–water partition coefficient (Wildman–Crippen LogP) is 13.4. The molecule has 6 aliphatic carbocycles. The Hall–Kier alpha value is -7.41. The third kappa shape index (κ3) is 4.50. The summed E-state index contributed by atoms with van der Waals surface area (Å²) in [6.45, 7) is -0.529. The highest BCUT2D eigenvalue weighted by Gasteiger charge is 2.62. The molecule has 20 rings (SSSR count). The highest BCUT2D eigenvalue weighted by Crippen LogP contribution is 2.61. The number of aromatic nitrogens is 4. The van der Waals surface area contributed by atoms with Crippen LogP contribution in [0.2, 0.25) is 0 Å². The van der Waals surface area contributed by atoms with Crippen LogP contribution in [0.3, 0.4) is 0 Å². The predicted molar refractivity (Wildman–Crippen MR) is 286 cm³/mol. The van der Waals surface area contributed by atoms with E-state index in [4.69, 9.17) is 9.97 Å². The molecular weight excluding hydrogens is 850 g/mol. The minimum atomic E-state index is -0.265. The van der Waals surface area contributed by atoms with Crippen LogP contribution in [0.1, 0.15) is 97.3 Å². The van der Waals surface area contributed by atoms with Gasteiger partial charge >= 0.3 is 14.0 Å². The van der Waals surface area contributed by atoms with E-state index in [0.717, 1.165) is 33.7 Å². The molecule has 6 heterocycles. The van der Waals surface area contributed by atoms with Crippen LogP contribution in [0.4, 0.5) is 11.4 Å². The molecule has 8 heteroatoms. The molecule has 8 aromatic carbocycles. The second-order valence-electron chi connectivity index (χ2n) is 21.7. The summed E-state index contributed by atoms with van der Waals surface area (Å²) in [6.07, 6.45) is 10.1.